The smallest absolute Gasteiger partial charge is 0.299 e. The first kappa shape index (κ1) is 21.4. The Morgan fingerprint density at radius 1 is 1.19 bits per heavy atom. The normalized spacial score (nSPS) is 19.6. The number of aryl methyl sites for hydroxylation is 1. The summed E-state index contributed by atoms with van der Waals surface area (Å²) < 4.78 is 18.4. The van der Waals surface area contributed by atoms with Crippen molar-refractivity contribution in [2.45, 2.75) is 32.7 Å². The number of aromatic nitrogens is 2. The van der Waals surface area contributed by atoms with E-state index in [1.165, 1.54) is 0 Å². The van der Waals surface area contributed by atoms with Crippen molar-refractivity contribution in [2.75, 3.05) is 40.1 Å². The summed E-state index contributed by atoms with van der Waals surface area (Å²) in [5.41, 5.74) is 3.80. The van der Waals surface area contributed by atoms with E-state index in [9.17, 15) is 4.79 Å². The lowest BCUT2D eigenvalue weighted by Crippen LogP contribution is -2.43. The number of amides is 1. The molecule has 1 unspecified atom stereocenters. The highest BCUT2D eigenvalue weighted by Gasteiger charge is 2.32. The van der Waals surface area contributed by atoms with E-state index < -0.39 is 0 Å². The van der Waals surface area contributed by atoms with Gasteiger partial charge in [-0.3, -0.25) is 4.79 Å². The van der Waals surface area contributed by atoms with Gasteiger partial charge in [0.15, 0.2) is 0 Å². The molecular weight excluding hydrogens is 394 g/mol. The zero-order chi connectivity index (χ0) is 21.8. The zero-order valence-corrected chi connectivity index (χ0v) is 18.4. The molecule has 0 spiro atoms. The van der Waals surface area contributed by atoms with Crippen molar-refractivity contribution in [2.24, 2.45) is 5.92 Å². The molecule has 31 heavy (non-hydrogen) atoms. The summed E-state index contributed by atoms with van der Waals surface area (Å²) in [5, 5.41) is 4.76. The Hall–Kier alpha value is -2.82. The number of ether oxygens (including phenoxy) is 3. The summed E-state index contributed by atoms with van der Waals surface area (Å²) in [5.74, 6) is 6.92. The van der Waals surface area contributed by atoms with Crippen LogP contribution in [0.15, 0.2) is 24.3 Å². The lowest BCUT2D eigenvalue weighted by Gasteiger charge is -2.34. The first-order valence-corrected chi connectivity index (χ1v) is 10.8. The van der Waals surface area contributed by atoms with Gasteiger partial charge in [-0.2, -0.15) is 5.10 Å². The van der Waals surface area contributed by atoms with Crippen LogP contribution in [-0.2, 0) is 14.3 Å². The van der Waals surface area contributed by atoms with Gasteiger partial charge in [0.2, 0.25) is 0 Å². The van der Waals surface area contributed by atoms with Crippen LogP contribution in [0, 0.1) is 31.6 Å². The number of benzene rings is 1. The third-order valence-corrected chi connectivity index (χ3v) is 5.97. The maximum absolute atomic E-state index is 13.0. The molecule has 7 nitrogen and oxygen atoms in total. The molecule has 1 amide bonds. The molecule has 2 saturated heterocycles. The Morgan fingerprint density at radius 3 is 2.77 bits per heavy atom. The predicted octanol–water partition coefficient (Wildman–Crippen LogP) is 2.83. The number of hydrogen-bond donors (Lipinski definition) is 0. The van der Waals surface area contributed by atoms with E-state index in [-0.39, 0.29) is 17.9 Å². The summed E-state index contributed by atoms with van der Waals surface area (Å²) in [6.45, 7) is 6.92. The number of hydrogen-bond acceptors (Lipinski definition) is 5. The predicted molar refractivity (Wildman–Crippen MR) is 116 cm³/mol. The van der Waals surface area contributed by atoms with Crippen LogP contribution in [0.5, 0.6) is 5.75 Å². The molecule has 164 valence electrons. The van der Waals surface area contributed by atoms with E-state index in [4.69, 9.17) is 19.3 Å². The first-order chi connectivity index (χ1) is 15.1. The van der Waals surface area contributed by atoms with Crippen LogP contribution in [0.1, 0.15) is 35.8 Å². The average Bonchev–Trinajstić information content (AvgIpc) is 3.11. The van der Waals surface area contributed by atoms with E-state index in [1.807, 2.05) is 47.7 Å². The van der Waals surface area contributed by atoms with Gasteiger partial charge in [-0.25, -0.2) is 4.68 Å². The highest BCUT2D eigenvalue weighted by Crippen LogP contribution is 2.31. The maximum atomic E-state index is 13.0. The Morgan fingerprint density at radius 2 is 2.00 bits per heavy atom. The molecule has 0 saturated carbocycles. The molecule has 0 bridgehead atoms. The fourth-order valence-corrected chi connectivity index (χ4v) is 4.29. The molecule has 0 radical (unpaired) electrons. The van der Waals surface area contributed by atoms with E-state index >= 15 is 0 Å². The van der Waals surface area contributed by atoms with Crippen molar-refractivity contribution in [1.29, 1.82) is 0 Å². The maximum Gasteiger partial charge on any atom is 0.299 e. The van der Waals surface area contributed by atoms with Crippen molar-refractivity contribution in [1.82, 2.24) is 14.7 Å². The van der Waals surface area contributed by atoms with Gasteiger partial charge in [0.05, 0.1) is 37.7 Å². The summed E-state index contributed by atoms with van der Waals surface area (Å²) in [6, 6.07) is 7.58. The van der Waals surface area contributed by atoms with Gasteiger partial charge < -0.3 is 19.1 Å². The third kappa shape index (κ3) is 4.60. The number of carbonyl (C=O) groups excluding carboxylic acids is 1. The minimum Gasteiger partial charge on any atom is -0.497 e. The van der Waals surface area contributed by atoms with Crippen LogP contribution < -0.4 is 4.74 Å². The summed E-state index contributed by atoms with van der Waals surface area (Å²) in [4.78, 5) is 14.9. The standard InChI is InChI=1S/C24H29N3O4/c1-17-24(18(2)27(25-17)20-5-4-6-21(15-20)29-3)22-16-31-14-11-26(22)23(28)8-7-19-9-12-30-13-10-19/h4-6,15,19,22H,9-14,16H2,1-3H3. The van der Waals surface area contributed by atoms with Gasteiger partial charge in [0.25, 0.3) is 5.91 Å². The molecule has 1 aromatic heterocycles. The van der Waals surface area contributed by atoms with Crippen molar-refractivity contribution in [3.63, 3.8) is 0 Å². The quantitative estimate of drug-likeness (QED) is 0.711. The molecule has 2 aromatic rings. The van der Waals surface area contributed by atoms with Crippen LogP contribution in [0.3, 0.4) is 0 Å². The molecule has 0 N–H and O–H groups in total. The Labute approximate surface area is 183 Å². The highest BCUT2D eigenvalue weighted by atomic mass is 16.5. The van der Waals surface area contributed by atoms with Crippen molar-refractivity contribution in [3.05, 3.63) is 41.2 Å². The molecular formula is C24H29N3O4. The molecule has 1 atom stereocenters. The van der Waals surface area contributed by atoms with E-state index in [0.717, 1.165) is 54.4 Å². The van der Waals surface area contributed by atoms with Gasteiger partial charge in [-0.1, -0.05) is 12.0 Å². The minimum atomic E-state index is -0.204. The van der Waals surface area contributed by atoms with Gasteiger partial charge in [0, 0.05) is 43.0 Å². The molecule has 3 heterocycles. The molecule has 2 fully saturated rings. The van der Waals surface area contributed by atoms with Gasteiger partial charge in [0.1, 0.15) is 5.75 Å². The molecule has 0 aliphatic carbocycles. The topological polar surface area (TPSA) is 65.8 Å². The van der Waals surface area contributed by atoms with Crippen molar-refractivity contribution >= 4 is 5.91 Å². The molecule has 2 aliphatic heterocycles. The van der Waals surface area contributed by atoms with Crippen LogP contribution in [-0.4, -0.2) is 60.7 Å². The Kier molecular flexibility index (Phi) is 6.59. The second-order valence-corrected chi connectivity index (χ2v) is 7.94. The number of nitrogens with zero attached hydrogens (tertiary/aromatic N) is 3. The van der Waals surface area contributed by atoms with Crippen molar-refractivity contribution in [3.8, 4) is 23.3 Å². The lowest BCUT2D eigenvalue weighted by atomic mass is 10.0. The van der Waals surface area contributed by atoms with Crippen LogP contribution in [0.4, 0.5) is 0 Å². The largest absolute Gasteiger partial charge is 0.497 e. The Balaban J connectivity index is 1.61. The van der Waals surface area contributed by atoms with E-state index in [2.05, 4.69) is 11.8 Å². The second kappa shape index (κ2) is 9.54. The number of rotatable bonds is 3. The minimum absolute atomic E-state index is 0.146. The first-order valence-electron chi connectivity index (χ1n) is 10.8. The van der Waals surface area contributed by atoms with E-state index in [1.54, 1.807) is 7.11 Å². The SMILES string of the molecule is COc1cccc(-n2nc(C)c(C3COCCN3C(=O)C#CC3CCOCC3)c2C)c1. The summed E-state index contributed by atoms with van der Waals surface area (Å²) >= 11 is 0. The average molecular weight is 424 g/mol. The summed E-state index contributed by atoms with van der Waals surface area (Å²) in [6.07, 6.45) is 1.77. The molecule has 7 heteroatoms. The number of methoxy groups -OCH3 is 1. The lowest BCUT2D eigenvalue weighted by molar-refractivity contribution is -0.133. The third-order valence-electron chi connectivity index (χ3n) is 5.97. The van der Waals surface area contributed by atoms with Gasteiger partial charge >= 0.3 is 0 Å². The van der Waals surface area contributed by atoms with Gasteiger partial charge in [-0.05, 0) is 44.7 Å². The van der Waals surface area contributed by atoms with E-state index in [0.29, 0.717) is 19.8 Å². The fraction of sp³-hybridized carbons (Fsp3) is 0.500. The zero-order valence-electron chi connectivity index (χ0n) is 18.4. The molecule has 2 aliphatic rings. The second-order valence-electron chi connectivity index (χ2n) is 7.94. The molecule has 4 rings (SSSR count). The number of carbonyl (C=O) groups is 1. The monoisotopic (exact) mass is 423 g/mol. The highest BCUT2D eigenvalue weighted by molar-refractivity contribution is 5.94. The Bertz CT molecular complexity index is 998. The van der Waals surface area contributed by atoms with Gasteiger partial charge in [-0.15, -0.1) is 0 Å². The van der Waals surface area contributed by atoms with Crippen molar-refractivity contribution < 1.29 is 19.0 Å². The fourth-order valence-electron chi connectivity index (χ4n) is 4.29. The van der Waals surface area contributed by atoms with Crippen LogP contribution in [0.25, 0.3) is 5.69 Å². The van der Waals surface area contributed by atoms with Crippen LogP contribution >= 0.6 is 0 Å². The molecule has 1 aromatic carbocycles. The number of morpholine rings is 1. The van der Waals surface area contributed by atoms with Crippen LogP contribution in [0.2, 0.25) is 0 Å². The summed E-state index contributed by atoms with van der Waals surface area (Å²) in [7, 11) is 1.65.